The van der Waals surface area contributed by atoms with Gasteiger partial charge in [-0.05, 0) is 40.9 Å². The van der Waals surface area contributed by atoms with Gasteiger partial charge in [-0.1, -0.05) is 91.0 Å². The summed E-state index contributed by atoms with van der Waals surface area (Å²) in [5, 5.41) is 20.2. The molecule has 0 aliphatic heterocycles. The van der Waals surface area contributed by atoms with Crippen LogP contribution >= 0.6 is 0 Å². The second kappa shape index (κ2) is 10.1. The van der Waals surface area contributed by atoms with E-state index in [4.69, 9.17) is 0 Å². The smallest absolute Gasteiger partial charge is 0.120 e. The van der Waals surface area contributed by atoms with Crippen LogP contribution in [0.15, 0.2) is 97.1 Å². The van der Waals surface area contributed by atoms with Gasteiger partial charge in [-0.2, -0.15) is 0 Å². The second-order valence-electron chi connectivity index (χ2n) is 7.59. The van der Waals surface area contributed by atoms with E-state index in [1.165, 1.54) is 11.1 Å². The van der Waals surface area contributed by atoms with E-state index >= 15 is 0 Å². The lowest BCUT2D eigenvalue weighted by molar-refractivity contribution is 0.432. The van der Waals surface area contributed by atoms with Gasteiger partial charge in [0.25, 0.3) is 0 Å². The van der Waals surface area contributed by atoms with Gasteiger partial charge in [0.2, 0.25) is 0 Å². The van der Waals surface area contributed by atoms with Gasteiger partial charge in [0, 0.05) is 24.7 Å². The molecule has 1 atom stereocenters. The maximum absolute atomic E-state index is 10.8. The summed E-state index contributed by atoms with van der Waals surface area (Å²) >= 11 is 0. The zero-order valence-corrected chi connectivity index (χ0v) is 17.1. The van der Waals surface area contributed by atoms with Crippen molar-refractivity contribution in [2.75, 3.05) is 6.54 Å². The number of phenolic OH excluding ortho intramolecular Hbond substituents is 1. The van der Waals surface area contributed by atoms with Gasteiger partial charge in [-0.15, -0.1) is 0 Å². The number of rotatable bonds is 9. The van der Waals surface area contributed by atoms with Gasteiger partial charge in [0.1, 0.15) is 5.75 Å². The Kier molecular flexibility index (Phi) is 6.75. The Morgan fingerprint density at radius 1 is 0.667 bits per heavy atom. The molecule has 0 bridgehead atoms. The van der Waals surface area contributed by atoms with Gasteiger partial charge in [-0.25, -0.2) is 0 Å². The molecule has 3 nitrogen and oxygen atoms in total. The highest BCUT2D eigenvalue weighted by Gasteiger charge is 2.18. The molecule has 0 spiro atoms. The summed E-state index contributed by atoms with van der Waals surface area (Å²) in [5.74, 6) is 0.349. The lowest BCUT2D eigenvalue weighted by Gasteiger charge is -2.22. The van der Waals surface area contributed by atoms with Gasteiger partial charge in [0.05, 0.1) is 0 Å². The minimum absolute atomic E-state index is 0.0413. The molecule has 0 amide bonds. The highest BCUT2D eigenvalue weighted by Crippen LogP contribution is 2.34. The fourth-order valence-electron chi connectivity index (χ4n) is 3.91. The average Bonchev–Trinajstić information content (AvgIpc) is 2.80. The van der Waals surface area contributed by atoms with Crippen LogP contribution in [0.4, 0.5) is 0 Å². The van der Waals surface area contributed by atoms with E-state index < -0.39 is 0 Å². The third-order valence-corrected chi connectivity index (χ3v) is 5.47. The van der Waals surface area contributed by atoms with Gasteiger partial charge < -0.3 is 15.7 Å². The van der Waals surface area contributed by atoms with Crippen LogP contribution in [-0.4, -0.2) is 11.7 Å². The van der Waals surface area contributed by atoms with Crippen molar-refractivity contribution >= 4 is 10.8 Å². The number of aromatic hydroxyl groups is 1. The molecule has 0 aliphatic rings. The first kappa shape index (κ1) is 20.1. The van der Waals surface area contributed by atoms with Crippen LogP contribution in [0.3, 0.4) is 0 Å². The minimum atomic E-state index is 0.0413. The molecule has 30 heavy (non-hydrogen) atoms. The molecule has 0 fully saturated rings. The molecular weight excluding hydrogens is 368 g/mol. The lowest BCUT2D eigenvalue weighted by atomic mass is 9.95. The molecule has 0 aliphatic carbocycles. The van der Waals surface area contributed by atoms with Gasteiger partial charge in [-0.3, -0.25) is 0 Å². The van der Waals surface area contributed by atoms with Gasteiger partial charge >= 0.3 is 0 Å². The predicted octanol–water partition coefficient (Wildman–Crippen LogP) is 5.56. The average molecular weight is 397 g/mol. The van der Waals surface area contributed by atoms with Crippen molar-refractivity contribution in [1.82, 2.24) is 10.6 Å². The molecule has 0 aromatic heterocycles. The predicted molar refractivity (Wildman–Crippen MR) is 124 cm³/mol. The highest BCUT2D eigenvalue weighted by atomic mass is 16.3. The lowest BCUT2D eigenvalue weighted by Crippen LogP contribution is -2.26. The van der Waals surface area contributed by atoms with Crippen LogP contribution in [0.25, 0.3) is 10.8 Å². The largest absolute Gasteiger partial charge is 0.508 e. The number of hydrogen-bond acceptors (Lipinski definition) is 3. The topological polar surface area (TPSA) is 44.3 Å². The summed E-state index contributed by atoms with van der Waals surface area (Å²) in [4.78, 5) is 0. The quantitative estimate of drug-likeness (QED) is 0.325. The first-order valence-electron chi connectivity index (χ1n) is 10.5. The van der Waals surface area contributed by atoms with Crippen LogP contribution in [0.1, 0.15) is 29.2 Å². The monoisotopic (exact) mass is 396 g/mol. The first-order valence-corrected chi connectivity index (χ1v) is 10.5. The Hall–Kier alpha value is -3.14. The van der Waals surface area contributed by atoms with Crippen molar-refractivity contribution in [1.29, 1.82) is 0 Å². The summed E-state index contributed by atoms with van der Waals surface area (Å²) in [5.41, 5.74) is 3.49. The molecule has 3 N–H and O–H groups in total. The number of nitrogens with one attached hydrogen (secondary N) is 2. The molecule has 152 valence electrons. The van der Waals surface area contributed by atoms with Crippen molar-refractivity contribution in [3.8, 4) is 5.75 Å². The Bertz CT molecular complexity index is 1060. The molecule has 4 aromatic carbocycles. The second-order valence-corrected chi connectivity index (χ2v) is 7.59. The third-order valence-electron chi connectivity index (χ3n) is 5.47. The fourth-order valence-corrected chi connectivity index (χ4v) is 3.91. The molecule has 4 aromatic rings. The zero-order chi connectivity index (χ0) is 20.6. The van der Waals surface area contributed by atoms with Crippen LogP contribution in [0, 0.1) is 0 Å². The van der Waals surface area contributed by atoms with Crippen molar-refractivity contribution in [2.45, 2.75) is 25.6 Å². The Morgan fingerprint density at radius 3 is 2.03 bits per heavy atom. The summed E-state index contributed by atoms with van der Waals surface area (Å²) < 4.78 is 0. The Morgan fingerprint density at radius 2 is 1.30 bits per heavy atom. The van der Waals surface area contributed by atoms with E-state index in [1.54, 1.807) is 0 Å². The zero-order valence-electron chi connectivity index (χ0n) is 17.1. The fraction of sp³-hybridized carbons (Fsp3) is 0.185. The Labute approximate surface area is 178 Å². The standard InChI is InChI=1S/C27H28N2O/c30-26-16-15-23-13-7-8-14-24(23)27(26)25(29-20-22-11-5-2-6-12-22)17-18-28-19-21-9-3-1-4-10-21/h1-16,25,28-30H,17-20H2/t25-/m1/s1. The van der Waals surface area contributed by atoms with Crippen molar-refractivity contribution < 1.29 is 5.11 Å². The van der Waals surface area contributed by atoms with E-state index in [2.05, 4.69) is 71.3 Å². The van der Waals surface area contributed by atoms with Crippen molar-refractivity contribution in [3.05, 3.63) is 114 Å². The molecule has 0 heterocycles. The molecule has 4 rings (SSSR count). The van der Waals surface area contributed by atoms with Crippen LogP contribution < -0.4 is 10.6 Å². The summed E-state index contributed by atoms with van der Waals surface area (Å²) in [6, 6.07) is 32.9. The summed E-state index contributed by atoms with van der Waals surface area (Å²) in [6.45, 7) is 2.45. The van der Waals surface area contributed by atoms with E-state index in [1.807, 2.05) is 36.4 Å². The molecule has 0 radical (unpaired) electrons. The molecule has 0 saturated heterocycles. The van der Waals surface area contributed by atoms with Crippen LogP contribution in [0.5, 0.6) is 5.75 Å². The third kappa shape index (κ3) is 5.07. The van der Waals surface area contributed by atoms with Gasteiger partial charge in [0.15, 0.2) is 0 Å². The molecule has 3 heteroatoms. The maximum atomic E-state index is 10.8. The molecular formula is C27H28N2O. The van der Waals surface area contributed by atoms with Crippen LogP contribution in [0.2, 0.25) is 0 Å². The molecule has 0 saturated carbocycles. The number of fused-ring (bicyclic) bond motifs is 1. The number of benzene rings is 4. The van der Waals surface area contributed by atoms with Crippen molar-refractivity contribution in [3.63, 3.8) is 0 Å². The maximum Gasteiger partial charge on any atom is 0.120 e. The summed E-state index contributed by atoms with van der Waals surface area (Å²) in [7, 11) is 0. The molecule has 0 unspecified atom stereocenters. The number of hydrogen-bond donors (Lipinski definition) is 3. The SMILES string of the molecule is Oc1ccc2ccccc2c1[C@@H](CCNCc1ccccc1)NCc1ccccc1. The van der Waals surface area contributed by atoms with E-state index in [-0.39, 0.29) is 6.04 Å². The minimum Gasteiger partial charge on any atom is -0.508 e. The van der Waals surface area contributed by atoms with E-state index in [0.717, 1.165) is 42.4 Å². The normalized spacial score (nSPS) is 12.1. The number of phenols is 1. The Balaban J connectivity index is 1.52. The summed E-state index contributed by atoms with van der Waals surface area (Å²) in [6.07, 6.45) is 0.876. The highest BCUT2D eigenvalue weighted by molar-refractivity contribution is 5.88. The van der Waals surface area contributed by atoms with Crippen LogP contribution in [-0.2, 0) is 13.1 Å². The van der Waals surface area contributed by atoms with E-state index in [9.17, 15) is 5.11 Å². The van der Waals surface area contributed by atoms with E-state index in [0.29, 0.717) is 5.75 Å². The first-order chi connectivity index (χ1) is 14.8. The van der Waals surface area contributed by atoms with Crippen molar-refractivity contribution in [2.24, 2.45) is 0 Å².